The summed E-state index contributed by atoms with van der Waals surface area (Å²) in [6.07, 6.45) is 15.6. The third-order valence-corrected chi connectivity index (χ3v) is 10.5. The molecule has 5 aliphatic rings. The summed E-state index contributed by atoms with van der Waals surface area (Å²) in [6, 6.07) is 0. The molecule has 30 heavy (non-hydrogen) atoms. The number of carbonyl (C=O) groups is 1. The largest absolute Gasteiger partial charge is 0.374 e. The molecule has 0 amide bonds. The van der Waals surface area contributed by atoms with Gasteiger partial charge in [-0.1, -0.05) is 39.8 Å². The van der Waals surface area contributed by atoms with Crippen molar-refractivity contribution in [3.63, 3.8) is 0 Å². The molecule has 5 rings (SSSR count). The molecule has 3 heteroatoms. The summed E-state index contributed by atoms with van der Waals surface area (Å²) in [6.45, 7) is 10.5. The minimum atomic E-state index is 0.194. The van der Waals surface area contributed by atoms with Gasteiger partial charge >= 0.3 is 0 Å². The number of allylic oxidation sites excluding steroid dienone is 4. The van der Waals surface area contributed by atoms with Crippen LogP contribution in [0.25, 0.3) is 0 Å². The summed E-state index contributed by atoms with van der Waals surface area (Å²) >= 11 is 0. The lowest BCUT2D eigenvalue weighted by Gasteiger charge is -2.56. The van der Waals surface area contributed by atoms with Gasteiger partial charge in [-0.25, -0.2) is 0 Å². The van der Waals surface area contributed by atoms with Crippen molar-refractivity contribution in [2.45, 2.75) is 84.8 Å². The lowest BCUT2D eigenvalue weighted by Crippen LogP contribution is -2.49. The maximum absolute atomic E-state index is 12.0. The van der Waals surface area contributed by atoms with Crippen LogP contribution in [0.2, 0.25) is 0 Å². The second-order valence-electron chi connectivity index (χ2n) is 11.9. The third kappa shape index (κ3) is 2.94. The highest BCUT2D eigenvalue weighted by Gasteiger charge is 2.64. The Labute approximate surface area is 182 Å². The summed E-state index contributed by atoms with van der Waals surface area (Å²) in [5.74, 6) is 4.33. The monoisotopic (exact) mass is 411 g/mol. The number of rotatable bonds is 4. The second-order valence-corrected chi connectivity index (χ2v) is 11.9. The Morgan fingerprint density at radius 2 is 2.07 bits per heavy atom. The molecule has 0 aromatic carbocycles. The lowest BCUT2D eigenvalue weighted by molar-refractivity contribution is -0.116. The summed E-state index contributed by atoms with van der Waals surface area (Å²) in [5, 5.41) is 0. The molecular formula is C27H41NO2. The first-order valence-electron chi connectivity index (χ1n) is 12.6. The maximum atomic E-state index is 12.0. The van der Waals surface area contributed by atoms with Gasteiger partial charge < -0.3 is 10.5 Å². The summed E-state index contributed by atoms with van der Waals surface area (Å²) < 4.78 is 6.75. The molecule has 2 unspecified atom stereocenters. The number of ether oxygens (including phenoxy) is 1. The molecule has 0 spiro atoms. The van der Waals surface area contributed by atoms with E-state index < -0.39 is 0 Å². The second kappa shape index (κ2) is 7.30. The van der Waals surface area contributed by atoms with Crippen molar-refractivity contribution < 1.29 is 9.53 Å². The van der Waals surface area contributed by atoms with Crippen LogP contribution in [0.1, 0.15) is 72.6 Å². The molecule has 166 valence electrons. The number of carbonyl (C=O) groups excluding carboxylic acids is 1. The molecular weight excluding hydrogens is 370 g/mol. The molecule has 1 aliphatic heterocycles. The Balaban J connectivity index is 1.38. The quantitative estimate of drug-likeness (QED) is 0.683. The Morgan fingerprint density at radius 3 is 2.83 bits per heavy atom. The smallest absolute Gasteiger partial charge is 0.156 e. The van der Waals surface area contributed by atoms with Crippen LogP contribution in [0.3, 0.4) is 0 Å². The van der Waals surface area contributed by atoms with E-state index in [-0.39, 0.29) is 5.41 Å². The minimum Gasteiger partial charge on any atom is -0.374 e. The molecule has 4 aliphatic carbocycles. The van der Waals surface area contributed by atoms with E-state index in [9.17, 15) is 4.79 Å². The van der Waals surface area contributed by atoms with Crippen molar-refractivity contribution in [3.8, 4) is 0 Å². The van der Waals surface area contributed by atoms with Gasteiger partial charge in [0.05, 0.1) is 12.2 Å². The van der Waals surface area contributed by atoms with Crippen LogP contribution in [-0.2, 0) is 9.53 Å². The van der Waals surface area contributed by atoms with Crippen molar-refractivity contribution in [2.24, 2.45) is 52.1 Å². The average Bonchev–Trinajstić information content (AvgIpc) is 3.20. The number of fused-ring (bicyclic) bond motifs is 7. The summed E-state index contributed by atoms with van der Waals surface area (Å²) in [5.41, 5.74) is 7.74. The molecule has 2 N–H and O–H groups in total. The summed E-state index contributed by atoms with van der Waals surface area (Å²) in [7, 11) is 0. The molecule has 1 heterocycles. The van der Waals surface area contributed by atoms with Crippen molar-refractivity contribution >= 4 is 5.78 Å². The van der Waals surface area contributed by atoms with Crippen molar-refractivity contribution in [1.82, 2.24) is 0 Å². The van der Waals surface area contributed by atoms with Crippen LogP contribution in [0.5, 0.6) is 0 Å². The van der Waals surface area contributed by atoms with Crippen molar-refractivity contribution in [2.75, 3.05) is 6.54 Å². The lowest BCUT2D eigenvalue weighted by atomic mass is 9.48. The number of ketones is 1. The normalized spacial score (nSPS) is 50.4. The molecule has 0 bridgehead atoms. The highest BCUT2D eigenvalue weighted by Crippen LogP contribution is 2.68. The van der Waals surface area contributed by atoms with Gasteiger partial charge in [0.1, 0.15) is 0 Å². The Morgan fingerprint density at radius 1 is 1.27 bits per heavy atom. The van der Waals surface area contributed by atoms with E-state index >= 15 is 0 Å². The van der Waals surface area contributed by atoms with E-state index in [1.54, 1.807) is 0 Å². The third-order valence-electron chi connectivity index (χ3n) is 10.5. The molecule has 0 radical (unpaired) electrons. The van der Waals surface area contributed by atoms with Crippen LogP contribution in [-0.4, -0.2) is 24.5 Å². The highest BCUT2D eigenvalue weighted by molar-refractivity contribution is 5.92. The van der Waals surface area contributed by atoms with E-state index in [0.717, 1.165) is 25.3 Å². The molecule has 3 nitrogen and oxygen atoms in total. The Hall–Kier alpha value is -0.930. The van der Waals surface area contributed by atoms with E-state index in [2.05, 4.69) is 39.8 Å². The van der Waals surface area contributed by atoms with Crippen LogP contribution in [0.15, 0.2) is 23.8 Å². The van der Waals surface area contributed by atoms with Gasteiger partial charge in [-0.15, -0.1) is 0 Å². The number of hydrogen-bond donors (Lipinski definition) is 1. The number of nitrogens with two attached hydrogens (primary N) is 1. The SMILES string of the molecule is CC(CN)CCC1O[C@H]2C[C@H]3[C@@H]4C=CC5=CC(=O)CC[C@]5(C)[C@H]4CC[C@]3(C)[C@H]2[C@@H]1C. The maximum Gasteiger partial charge on any atom is 0.156 e. The van der Waals surface area contributed by atoms with Gasteiger partial charge in [0.2, 0.25) is 0 Å². The molecule has 2 saturated carbocycles. The average molecular weight is 412 g/mol. The fraction of sp³-hybridized carbons (Fsp3) is 0.815. The zero-order valence-electron chi connectivity index (χ0n) is 19.4. The van der Waals surface area contributed by atoms with Gasteiger partial charge in [0, 0.05) is 6.42 Å². The van der Waals surface area contributed by atoms with Gasteiger partial charge in [-0.3, -0.25) is 4.79 Å². The van der Waals surface area contributed by atoms with Crippen LogP contribution >= 0.6 is 0 Å². The van der Waals surface area contributed by atoms with Crippen LogP contribution in [0, 0.1) is 46.3 Å². The Kier molecular flexibility index (Phi) is 5.10. The minimum absolute atomic E-state index is 0.194. The molecule has 0 aromatic rings. The van der Waals surface area contributed by atoms with Gasteiger partial charge in [0.15, 0.2) is 5.78 Å². The van der Waals surface area contributed by atoms with E-state index in [1.165, 1.54) is 37.7 Å². The topological polar surface area (TPSA) is 52.3 Å². The standard InChI is InChI=1S/C27H41NO2/c1-16(15-28)5-8-23-17(2)25-24(30-23)14-22-20-7-6-18-13-19(29)9-11-26(18,3)21(20)10-12-27(22,25)4/h6-7,13,16-17,20-25H,5,8-12,14-15,28H2,1-4H3/t16?,17-,20-,21+,22+,23?,24+,25+,26+,27+/m1/s1. The number of hydrogen-bond acceptors (Lipinski definition) is 3. The van der Waals surface area contributed by atoms with Crippen LogP contribution in [0.4, 0.5) is 0 Å². The predicted molar refractivity (Wildman–Crippen MR) is 121 cm³/mol. The van der Waals surface area contributed by atoms with E-state index in [1.807, 2.05) is 6.08 Å². The fourth-order valence-electron chi connectivity index (χ4n) is 8.58. The van der Waals surface area contributed by atoms with E-state index in [4.69, 9.17) is 10.5 Å². The molecule has 1 saturated heterocycles. The predicted octanol–water partition coefficient (Wildman–Crippen LogP) is 5.30. The molecule has 0 aromatic heterocycles. The first-order chi connectivity index (χ1) is 14.3. The summed E-state index contributed by atoms with van der Waals surface area (Å²) in [4.78, 5) is 12.0. The van der Waals surface area contributed by atoms with Gasteiger partial charge in [0.25, 0.3) is 0 Å². The van der Waals surface area contributed by atoms with E-state index in [0.29, 0.717) is 53.0 Å². The van der Waals surface area contributed by atoms with Gasteiger partial charge in [-0.05, 0) is 103 Å². The first kappa shape index (κ1) is 20.9. The Bertz CT molecular complexity index is 771. The van der Waals surface area contributed by atoms with Crippen molar-refractivity contribution in [1.29, 1.82) is 0 Å². The molecule has 10 atom stereocenters. The fourth-order valence-corrected chi connectivity index (χ4v) is 8.58. The zero-order chi connectivity index (χ0) is 21.3. The first-order valence-corrected chi connectivity index (χ1v) is 12.6. The van der Waals surface area contributed by atoms with Crippen LogP contribution < -0.4 is 5.73 Å². The van der Waals surface area contributed by atoms with Gasteiger partial charge in [-0.2, -0.15) is 0 Å². The van der Waals surface area contributed by atoms with Crippen molar-refractivity contribution in [3.05, 3.63) is 23.8 Å². The zero-order valence-corrected chi connectivity index (χ0v) is 19.4. The molecule has 3 fully saturated rings. The highest BCUT2D eigenvalue weighted by atomic mass is 16.5.